The van der Waals surface area contributed by atoms with Gasteiger partial charge in [0.25, 0.3) is 10.0 Å². The maximum Gasteiger partial charge on any atom is 0.328 e. The number of hydrogen-bond donors (Lipinski definition) is 1. The Balaban J connectivity index is 1.91. The molecule has 0 aliphatic carbocycles. The summed E-state index contributed by atoms with van der Waals surface area (Å²) in [5.74, 6) is -1.32. The molecule has 0 saturated heterocycles. The Hall–Kier alpha value is -2.85. The Morgan fingerprint density at radius 3 is 2.19 bits per heavy atom. The van der Waals surface area contributed by atoms with Crippen molar-refractivity contribution in [2.75, 3.05) is 4.31 Å². The monoisotopic (exact) mass is 578 g/mol. The topological polar surface area (TPSA) is 96.7 Å². The summed E-state index contributed by atoms with van der Waals surface area (Å²) in [6.07, 6.45) is 1.82. The minimum absolute atomic E-state index is 0.0288. The average molecular weight is 580 g/mol. The van der Waals surface area contributed by atoms with E-state index in [9.17, 15) is 23.1 Å². The van der Waals surface area contributed by atoms with Crippen molar-refractivity contribution in [2.24, 2.45) is 5.41 Å². The highest BCUT2D eigenvalue weighted by Crippen LogP contribution is 2.37. The van der Waals surface area contributed by atoms with Crippen LogP contribution in [-0.2, 0) is 14.8 Å². The van der Waals surface area contributed by atoms with Crippen LogP contribution in [0.1, 0.15) is 37.4 Å². The van der Waals surface area contributed by atoms with Crippen LogP contribution in [0.4, 0.5) is 5.69 Å². The third kappa shape index (κ3) is 5.27. The van der Waals surface area contributed by atoms with Gasteiger partial charge >= 0.3 is 5.97 Å². The second-order valence-electron chi connectivity index (χ2n) is 9.64. The van der Waals surface area contributed by atoms with E-state index in [1.54, 1.807) is 51.1 Å². The summed E-state index contributed by atoms with van der Waals surface area (Å²) < 4.78 is 30.8. The molecule has 0 spiro atoms. The van der Waals surface area contributed by atoms with E-state index in [0.29, 0.717) is 10.3 Å². The number of anilines is 1. The summed E-state index contributed by atoms with van der Waals surface area (Å²) in [6.45, 7) is 6.50. The summed E-state index contributed by atoms with van der Waals surface area (Å²) in [6, 6.07) is 12.8. The fourth-order valence-electron chi connectivity index (χ4n) is 4.15. The Morgan fingerprint density at radius 2 is 1.65 bits per heavy atom. The number of nitrogens with zero attached hydrogens (tertiary/aromatic N) is 2. The molecule has 0 aliphatic heterocycles. The molecular weight excluding hydrogens is 555 g/mol. The molecule has 37 heavy (non-hydrogen) atoms. The molecular formula is C26H24Cl2N2O5S2. The molecule has 194 valence electrons. The average Bonchev–Trinajstić information content (AvgIpc) is 3.42. The van der Waals surface area contributed by atoms with Crippen LogP contribution in [0.2, 0.25) is 10.0 Å². The molecule has 7 nitrogen and oxygen atoms in total. The van der Waals surface area contributed by atoms with Gasteiger partial charge in [0, 0.05) is 21.6 Å². The van der Waals surface area contributed by atoms with Gasteiger partial charge in [0.05, 0.1) is 21.0 Å². The zero-order chi connectivity index (χ0) is 27.3. The number of hydrogen-bond acceptors (Lipinski definition) is 5. The van der Waals surface area contributed by atoms with Gasteiger partial charge in [-0.2, -0.15) is 0 Å². The van der Waals surface area contributed by atoms with Gasteiger partial charge in [-0.1, -0.05) is 44.0 Å². The first-order valence-electron chi connectivity index (χ1n) is 11.2. The number of carboxylic acid groups (broad SMARTS) is 1. The van der Waals surface area contributed by atoms with Crippen molar-refractivity contribution >= 4 is 72.9 Å². The molecule has 0 fully saturated rings. The molecule has 0 radical (unpaired) electrons. The standard InChI is InChI=1S/C26H24Cl2N2O5S2/c1-15(31)22-7-8-23(36-22)29-10-9-16-11-19(5-6-21(16)29)30(24(25(32)33)26(2,3)4)37(34,35)20-13-17(27)12-18(28)14-20/h5-14,24H,1-4H3,(H,32,33). The number of ketones is 1. The van der Waals surface area contributed by atoms with Gasteiger partial charge in [-0.05, 0) is 66.9 Å². The predicted molar refractivity (Wildman–Crippen MR) is 148 cm³/mol. The Bertz CT molecular complexity index is 1610. The Morgan fingerprint density at radius 1 is 1.00 bits per heavy atom. The number of rotatable bonds is 7. The molecule has 0 aliphatic rings. The van der Waals surface area contributed by atoms with Gasteiger partial charge in [0.1, 0.15) is 11.0 Å². The number of sulfonamides is 1. The molecule has 0 saturated carbocycles. The molecule has 2 aromatic heterocycles. The van der Waals surface area contributed by atoms with E-state index in [4.69, 9.17) is 23.2 Å². The molecule has 0 amide bonds. The molecule has 2 aromatic carbocycles. The van der Waals surface area contributed by atoms with E-state index in [1.165, 1.54) is 36.5 Å². The normalized spacial score (nSPS) is 13.0. The summed E-state index contributed by atoms with van der Waals surface area (Å²) in [5.41, 5.74) is -0.0202. The van der Waals surface area contributed by atoms with Crippen molar-refractivity contribution in [2.45, 2.75) is 38.6 Å². The van der Waals surface area contributed by atoms with Crippen LogP contribution in [-0.4, -0.2) is 35.9 Å². The van der Waals surface area contributed by atoms with Crippen molar-refractivity contribution in [3.8, 4) is 5.00 Å². The third-order valence-corrected chi connectivity index (χ3v) is 9.18. The number of carbonyl (C=O) groups is 2. The number of carbonyl (C=O) groups excluding carboxylic acids is 1. The predicted octanol–water partition coefficient (Wildman–Crippen LogP) is 6.90. The van der Waals surface area contributed by atoms with Crippen LogP contribution in [0.15, 0.2) is 65.7 Å². The van der Waals surface area contributed by atoms with E-state index in [1.807, 2.05) is 16.8 Å². The van der Waals surface area contributed by atoms with Crippen LogP contribution < -0.4 is 4.31 Å². The first-order valence-corrected chi connectivity index (χ1v) is 14.2. The Labute approximate surface area is 228 Å². The summed E-state index contributed by atoms with van der Waals surface area (Å²) >= 11 is 13.5. The van der Waals surface area contributed by atoms with Gasteiger partial charge in [0.15, 0.2) is 5.78 Å². The molecule has 1 unspecified atom stereocenters. The number of aromatic nitrogens is 1. The van der Waals surface area contributed by atoms with Crippen molar-refractivity contribution in [3.05, 3.63) is 75.7 Å². The summed E-state index contributed by atoms with van der Waals surface area (Å²) in [5, 5.41) is 11.9. The van der Waals surface area contributed by atoms with E-state index in [0.717, 1.165) is 14.8 Å². The minimum Gasteiger partial charge on any atom is -0.480 e. The number of thiophene rings is 1. The number of carboxylic acids is 1. The molecule has 4 rings (SSSR count). The van der Waals surface area contributed by atoms with E-state index in [-0.39, 0.29) is 26.4 Å². The molecule has 1 N–H and O–H groups in total. The van der Waals surface area contributed by atoms with E-state index < -0.39 is 27.4 Å². The first kappa shape index (κ1) is 27.2. The van der Waals surface area contributed by atoms with E-state index in [2.05, 4.69) is 0 Å². The van der Waals surface area contributed by atoms with Crippen LogP contribution >= 0.6 is 34.5 Å². The third-order valence-electron chi connectivity index (χ3n) is 5.79. The molecule has 1 atom stereocenters. The lowest BCUT2D eigenvalue weighted by Crippen LogP contribution is -2.52. The highest BCUT2D eigenvalue weighted by Gasteiger charge is 2.43. The second-order valence-corrected chi connectivity index (χ2v) is 13.4. The SMILES string of the molecule is CC(=O)c1ccc(-n2ccc3cc(N(C(C(=O)O)C(C)(C)C)S(=O)(=O)c4cc(Cl)cc(Cl)c4)ccc32)s1. The number of benzene rings is 2. The lowest BCUT2D eigenvalue weighted by molar-refractivity contribution is -0.140. The minimum atomic E-state index is -4.41. The zero-order valence-corrected chi connectivity index (χ0v) is 23.5. The van der Waals surface area contributed by atoms with Crippen molar-refractivity contribution in [1.82, 2.24) is 4.57 Å². The van der Waals surface area contributed by atoms with Gasteiger partial charge in [-0.3, -0.25) is 9.10 Å². The zero-order valence-electron chi connectivity index (χ0n) is 20.4. The highest BCUT2D eigenvalue weighted by atomic mass is 35.5. The van der Waals surface area contributed by atoms with Gasteiger partial charge in [-0.25, -0.2) is 13.2 Å². The van der Waals surface area contributed by atoms with Crippen molar-refractivity contribution < 1.29 is 23.1 Å². The second kappa shape index (κ2) is 9.79. The largest absolute Gasteiger partial charge is 0.480 e. The Kier molecular flexibility index (Phi) is 7.20. The number of halogens is 2. The molecule has 4 aromatic rings. The fourth-order valence-corrected chi connectivity index (χ4v) is 7.55. The summed E-state index contributed by atoms with van der Waals surface area (Å²) in [7, 11) is -4.41. The lowest BCUT2D eigenvalue weighted by Gasteiger charge is -2.37. The van der Waals surface area contributed by atoms with E-state index >= 15 is 0 Å². The van der Waals surface area contributed by atoms with Gasteiger partial charge in [-0.15, -0.1) is 11.3 Å². The molecule has 0 bridgehead atoms. The lowest BCUT2D eigenvalue weighted by atomic mass is 9.86. The molecule has 2 heterocycles. The van der Waals surface area contributed by atoms with Crippen molar-refractivity contribution in [3.63, 3.8) is 0 Å². The maximum absolute atomic E-state index is 14.0. The first-order chi connectivity index (χ1) is 17.2. The fraction of sp³-hybridized carbons (Fsp3) is 0.231. The van der Waals surface area contributed by atoms with Crippen LogP contribution in [0.5, 0.6) is 0 Å². The maximum atomic E-state index is 14.0. The summed E-state index contributed by atoms with van der Waals surface area (Å²) in [4.78, 5) is 24.6. The number of aliphatic carboxylic acids is 1. The number of fused-ring (bicyclic) bond motifs is 1. The van der Waals surface area contributed by atoms with Crippen LogP contribution in [0.25, 0.3) is 15.9 Å². The number of Topliss-reactive ketones (excluding diaryl/α,β-unsaturated/α-hetero) is 1. The van der Waals surface area contributed by atoms with Crippen LogP contribution in [0.3, 0.4) is 0 Å². The van der Waals surface area contributed by atoms with Gasteiger partial charge < -0.3 is 9.67 Å². The van der Waals surface area contributed by atoms with Crippen molar-refractivity contribution in [1.29, 1.82) is 0 Å². The molecule has 11 heteroatoms. The highest BCUT2D eigenvalue weighted by molar-refractivity contribution is 7.93. The van der Waals surface area contributed by atoms with Crippen LogP contribution in [0, 0.1) is 5.41 Å². The van der Waals surface area contributed by atoms with Gasteiger partial charge in [0.2, 0.25) is 0 Å². The smallest absolute Gasteiger partial charge is 0.328 e. The quantitative estimate of drug-likeness (QED) is 0.241.